The Bertz CT molecular complexity index is 495. The average Bonchev–Trinajstić information content (AvgIpc) is 2.36. The largest absolute Gasteiger partial charge is 0.463 e. The van der Waals surface area contributed by atoms with E-state index in [0.717, 1.165) is 17.7 Å². The summed E-state index contributed by atoms with van der Waals surface area (Å²) in [5.74, 6) is -0.580. The molecule has 0 unspecified atom stereocenters. The Morgan fingerprint density at radius 1 is 1.40 bits per heavy atom. The molecule has 0 aliphatic heterocycles. The number of ether oxygens (including phenoxy) is 1. The zero-order valence-electron chi connectivity index (χ0n) is 12.6. The van der Waals surface area contributed by atoms with Gasteiger partial charge >= 0.3 is 5.97 Å². The minimum absolute atomic E-state index is 0.197. The molecule has 0 radical (unpaired) electrons. The van der Waals surface area contributed by atoms with Crippen LogP contribution in [0.25, 0.3) is 6.08 Å². The predicted octanol–water partition coefficient (Wildman–Crippen LogP) is 2.81. The highest BCUT2D eigenvalue weighted by molar-refractivity contribution is 5.87. The van der Waals surface area contributed by atoms with Crippen LogP contribution in [0.4, 0.5) is 4.39 Å². The smallest absolute Gasteiger partial charge is 0.330 e. The van der Waals surface area contributed by atoms with Crippen LogP contribution in [-0.4, -0.2) is 38.1 Å². The topological polar surface area (TPSA) is 29.5 Å². The second-order valence-electron chi connectivity index (χ2n) is 4.94. The number of aryl methyl sites for hydroxylation is 1. The number of halogens is 1. The van der Waals surface area contributed by atoms with E-state index in [1.54, 1.807) is 19.1 Å². The van der Waals surface area contributed by atoms with Gasteiger partial charge in [-0.3, -0.25) is 0 Å². The molecule has 1 rings (SSSR count). The maximum atomic E-state index is 13.9. The van der Waals surface area contributed by atoms with E-state index in [1.165, 1.54) is 12.1 Å². The number of carbonyl (C=O) groups is 1. The van der Waals surface area contributed by atoms with Crippen LogP contribution in [0, 0.1) is 12.7 Å². The Balaban J connectivity index is 2.90. The lowest BCUT2D eigenvalue weighted by Gasteiger charge is -2.11. The van der Waals surface area contributed by atoms with Gasteiger partial charge in [0.15, 0.2) is 0 Å². The lowest BCUT2D eigenvalue weighted by molar-refractivity contribution is -0.137. The summed E-state index contributed by atoms with van der Waals surface area (Å²) in [6, 6.07) is 3.31. The molecule has 0 aliphatic rings. The first-order valence-corrected chi connectivity index (χ1v) is 6.72. The van der Waals surface area contributed by atoms with Crippen molar-refractivity contribution in [1.29, 1.82) is 0 Å². The number of carbonyl (C=O) groups excluding carboxylic acids is 1. The minimum Gasteiger partial charge on any atom is -0.463 e. The standard InChI is InChI=1S/C16H22FNO2/c1-5-20-16(19)7-6-13-11-14(8-9-18(3)4)15(17)10-12(13)2/h6-7,10-11H,5,8-9H2,1-4H3. The second kappa shape index (κ2) is 7.80. The molecule has 0 spiro atoms. The summed E-state index contributed by atoms with van der Waals surface area (Å²) < 4.78 is 18.7. The Kier molecular flexibility index (Phi) is 6.39. The van der Waals surface area contributed by atoms with E-state index in [-0.39, 0.29) is 11.8 Å². The summed E-state index contributed by atoms with van der Waals surface area (Å²) in [6.45, 7) is 4.71. The van der Waals surface area contributed by atoms with Crippen LogP contribution in [-0.2, 0) is 16.0 Å². The average molecular weight is 279 g/mol. The molecule has 0 amide bonds. The van der Waals surface area contributed by atoms with Gasteiger partial charge in [-0.25, -0.2) is 9.18 Å². The van der Waals surface area contributed by atoms with Gasteiger partial charge in [0.1, 0.15) is 5.82 Å². The zero-order chi connectivity index (χ0) is 15.1. The van der Waals surface area contributed by atoms with Gasteiger partial charge in [0, 0.05) is 12.6 Å². The van der Waals surface area contributed by atoms with Gasteiger partial charge in [0.2, 0.25) is 0 Å². The van der Waals surface area contributed by atoms with Gasteiger partial charge in [-0.1, -0.05) is 0 Å². The Morgan fingerprint density at radius 2 is 2.10 bits per heavy atom. The Labute approximate surface area is 120 Å². The van der Waals surface area contributed by atoms with Crippen LogP contribution < -0.4 is 0 Å². The molecule has 4 heteroatoms. The number of nitrogens with zero attached hydrogens (tertiary/aromatic N) is 1. The van der Waals surface area contributed by atoms with Gasteiger partial charge < -0.3 is 9.64 Å². The molecular weight excluding hydrogens is 257 g/mol. The minimum atomic E-state index is -0.383. The molecule has 0 bridgehead atoms. The highest BCUT2D eigenvalue weighted by atomic mass is 19.1. The fraction of sp³-hybridized carbons (Fsp3) is 0.438. The van der Waals surface area contributed by atoms with E-state index in [0.29, 0.717) is 18.6 Å². The van der Waals surface area contributed by atoms with Crippen LogP contribution in [0.2, 0.25) is 0 Å². The first-order valence-electron chi connectivity index (χ1n) is 6.72. The fourth-order valence-corrected chi connectivity index (χ4v) is 1.80. The number of hydrogen-bond acceptors (Lipinski definition) is 3. The molecule has 0 atom stereocenters. The lowest BCUT2D eigenvalue weighted by atomic mass is 10.0. The summed E-state index contributed by atoms with van der Waals surface area (Å²) in [5.41, 5.74) is 2.30. The van der Waals surface area contributed by atoms with Gasteiger partial charge in [-0.15, -0.1) is 0 Å². The second-order valence-corrected chi connectivity index (χ2v) is 4.94. The van der Waals surface area contributed by atoms with E-state index in [4.69, 9.17) is 4.74 Å². The molecule has 1 aromatic carbocycles. The summed E-state index contributed by atoms with van der Waals surface area (Å²) in [7, 11) is 3.90. The third kappa shape index (κ3) is 5.13. The fourth-order valence-electron chi connectivity index (χ4n) is 1.80. The summed E-state index contributed by atoms with van der Waals surface area (Å²) >= 11 is 0. The number of rotatable bonds is 6. The molecule has 1 aromatic rings. The first-order chi connectivity index (χ1) is 9.43. The zero-order valence-corrected chi connectivity index (χ0v) is 12.6. The molecule has 110 valence electrons. The third-order valence-electron chi connectivity index (χ3n) is 2.95. The normalized spacial score (nSPS) is 11.3. The molecule has 0 aliphatic carbocycles. The van der Waals surface area contributed by atoms with E-state index >= 15 is 0 Å². The van der Waals surface area contributed by atoms with Crippen LogP contribution >= 0.6 is 0 Å². The van der Waals surface area contributed by atoms with Gasteiger partial charge in [0.05, 0.1) is 6.61 Å². The molecule has 0 saturated carbocycles. The molecule has 0 N–H and O–H groups in total. The van der Waals surface area contributed by atoms with Gasteiger partial charge in [0.25, 0.3) is 0 Å². The van der Waals surface area contributed by atoms with E-state index in [2.05, 4.69) is 0 Å². The van der Waals surface area contributed by atoms with Crippen molar-refractivity contribution in [1.82, 2.24) is 4.90 Å². The highest BCUT2D eigenvalue weighted by Crippen LogP contribution is 2.17. The van der Waals surface area contributed by atoms with E-state index < -0.39 is 0 Å². The van der Waals surface area contributed by atoms with Gasteiger partial charge in [-0.05, 0) is 69.3 Å². The molecule has 0 saturated heterocycles. The van der Waals surface area contributed by atoms with Crippen molar-refractivity contribution in [2.24, 2.45) is 0 Å². The van der Waals surface area contributed by atoms with Crippen molar-refractivity contribution in [2.75, 3.05) is 27.2 Å². The molecule has 0 aromatic heterocycles. The molecule has 0 heterocycles. The van der Waals surface area contributed by atoms with Crippen LogP contribution in [0.3, 0.4) is 0 Å². The first kappa shape index (κ1) is 16.4. The van der Waals surface area contributed by atoms with Crippen molar-refractivity contribution in [3.8, 4) is 0 Å². The maximum absolute atomic E-state index is 13.9. The number of hydrogen-bond donors (Lipinski definition) is 0. The van der Waals surface area contributed by atoms with E-state index in [9.17, 15) is 9.18 Å². The van der Waals surface area contributed by atoms with Crippen LogP contribution in [0.15, 0.2) is 18.2 Å². The predicted molar refractivity (Wildman–Crippen MR) is 79.1 cm³/mol. The van der Waals surface area contributed by atoms with Crippen LogP contribution in [0.5, 0.6) is 0 Å². The summed E-state index contributed by atoms with van der Waals surface area (Å²) in [4.78, 5) is 13.3. The van der Waals surface area contributed by atoms with Crippen molar-refractivity contribution in [3.63, 3.8) is 0 Å². The highest BCUT2D eigenvalue weighted by Gasteiger charge is 2.07. The molecular formula is C16H22FNO2. The number of likely N-dealkylation sites (N-methyl/N-ethyl adjacent to an activating group) is 1. The monoisotopic (exact) mass is 279 g/mol. The van der Waals surface area contributed by atoms with Crippen molar-refractivity contribution in [3.05, 3.63) is 40.7 Å². The summed E-state index contributed by atoms with van der Waals surface area (Å²) in [5, 5.41) is 0. The van der Waals surface area contributed by atoms with Crippen molar-refractivity contribution < 1.29 is 13.9 Å². The Morgan fingerprint density at radius 3 is 2.70 bits per heavy atom. The number of esters is 1. The maximum Gasteiger partial charge on any atom is 0.330 e. The third-order valence-corrected chi connectivity index (χ3v) is 2.95. The van der Waals surface area contributed by atoms with Crippen molar-refractivity contribution in [2.45, 2.75) is 20.3 Å². The van der Waals surface area contributed by atoms with Crippen molar-refractivity contribution >= 4 is 12.0 Å². The lowest BCUT2D eigenvalue weighted by Crippen LogP contribution is -2.15. The molecule has 20 heavy (non-hydrogen) atoms. The molecule has 3 nitrogen and oxygen atoms in total. The summed E-state index contributed by atoms with van der Waals surface area (Å²) in [6.07, 6.45) is 3.69. The van der Waals surface area contributed by atoms with Crippen LogP contribution in [0.1, 0.15) is 23.6 Å². The molecule has 0 fully saturated rings. The van der Waals surface area contributed by atoms with E-state index in [1.807, 2.05) is 25.9 Å². The number of benzene rings is 1. The van der Waals surface area contributed by atoms with Gasteiger partial charge in [-0.2, -0.15) is 0 Å². The quantitative estimate of drug-likeness (QED) is 0.592. The SMILES string of the molecule is CCOC(=O)C=Cc1cc(CCN(C)C)c(F)cc1C. The Hall–Kier alpha value is -1.68.